The van der Waals surface area contributed by atoms with Gasteiger partial charge in [-0.2, -0.15) is 4.98 Å². The average molecular weight is 406 g/mol. The lowest BCUT2D eigenvalue weighted by molar-refractivity contribution is -0.119. The number of carbonyl (C=O) groups is 1. The zero-order valence-electron chi connectivity index (χ0n) is 14.7. The number of thiophene rings is 1. The molecule has 27 heavy (non-hydrogen) atoms. The molecule has 1 aromatic carbocycles. The largest absolute Gasteiger partial charge is 0.345 e. The van der Waals surface area contributed by atoms with Crippen LogP contribution in [0.25, 0.3) is 10.7 Å². The van der Waals surface area contributed by atoms with Crippen LogP contribution >= 0.6 is 11.3 Å². The zero-order chi connectivity index (χ0) is 19.4. The third kappa shape index (κ3) is 4.72. The van der Waals surface area contributed by atoms with Crippen LogP contribution in [0.15, 0.2) is 46.3 Å². The number of amides is 1. The van der Waals surface area contributed by atoms with Crippen molar-refractivity contribution >= 4 is 33.0 Å². The number of hydrogen-bond donors (Lipinski definition) is 1. The van der Waals surface area contributed by atoms with Crippen molar-refractivity contribution in [2.45, 2.75) is 13.5 Å². The highest BCUT2D eigenvalue weighted by atomic mass is 32.2. The molecular formula is C17H18N4O4S2. The highest BCUT2D eigenvalue weighted by Gasteiger charge is 2.22. The molecule has 1 N–H and O–H groups in total. The van der Waals surface area contributed by atoms with Crippen molar-refractivity contribution in [3.05, 3.63) is 53.2 Å². The van der Waals surface area contributed by atoms with E-state index in [1.165, 1.54) is 11.3 Å². The Morgan fingerprint density at radius 2 is 2.04 bits per heavy atom. The Labute approximate surface area is 160 Å². The van der Waals surface area contributed by atoms with E-state index in [0.29, 0.717) is 11.5 Å². The Kier molecular flexibility index (Phi) is 5.57. The van der Waals surface area contributed by atoms with Crippen LogP contribution < -0.4 is 9.62 Å². The van der Waals surface area contributed by atoms with Crippen LogP contribution in [0.2, 0.25) is 0 Å². The van der Waals surface area contributed by atoms with Gasteiger partial charge in [0.25, 0.3) is 0 Å². The van der Waals surface area contributed by atoms with Gasteiger partial charge in [0, 0.05) is 0 Å². The van der Waals surface area contributed by atoms with Gasteiger partial charge >= 0.3 is 0 Å². The maximum absolute atomic E-state index is 12.3. The Balaban J connectivity index is 1.66. The van der Waals surface area contributed by atoms with E-state index >= 15 is 0 Å². The fraction of sp³-hybridized carbons (Fsp3) is 0.235. The number of anilines is 1. The Bertz CT molecular complexity index is 1030. The highest BCUT2D eigenvalue weighted by molar-refractivity contribution is 7.92. The summed E-state index contributed by atoms with van der Waals surface area (Å²) in [5.41, 5.74) is 1.22. The van der Waals surface area contributed by atoms with Gasteiger partial charge in [-0.3, -0.25) is 9.10 Å². The van der Waals surface area contributed by atoms with Gasteiger partial charge in [-0.1, -0.05) is 29.4 Å². The van der Waals surface area contributed by atoms with E-state index in [4.69, 9.17) is 4.52 Å². The van der Waals surface area contributed by atoms with Crippen molar-refractivity contribution in [2.75, 3.05) is 17.1 Å². The lowest BCUT2D eigenvalue weighted by Gasteiger charge is -2.23. The number of hydrogen-bond acceptors (Lipinski definition) is 7. The summed E-state index contributed by atoms with van der Waals surface area (Å²) in [5, 5.41) is 8.38. The van der Waals surface area contributed by atoms with Gasteiger partial charge in [0.1, 0.15) is 6.54 Å². The monoisotopic (exact) mass is 406 g/mol. The number of rotatable bonds is 7. The number of para-hydroxylation sites is 1. The van der Waals surface area contributed by atoms with Gasteiger partial charge in [-0.05, 0) is 30.0 Å². The molecule has 0 aliphatic rings. The molecule has 0 spiro atoms. The quantitative estimate of drug-likeness (QED) is 0.645. The first-order chi connectivity index (χ1) is 12.8. The van der Waals surface area contributed by atoms with Gasteiger partial charge in [-0.15, -0.1) is 11.3 Å². The van der Waals surface area contributed by atoms with Crippen molar-refractivity contribution in [3.8, 4) is 10.7 Å². The smallest absolute Gasteiger partial charge is 0.246 e. The van der Waals surface area contributed by atoms with Crippen molar-refractivity contribution in [2.24, 2.45) is 0 Å². The second-order valence-electron chi connectivity index (χ2n) is 5.82. The SMILES string of the molecule is Cc1ccccc1N(CC(=O)NCc1nc(-c2cccs2)no1)S(C)(=O)=O. The van der Waals surface area contributed by atoms with Crippen molar-refractivity contribution in [1.29, 1.82) is 0 Å². The van der Waals surface area contributed by atoms with E-state index in [-0.39, 0.29) is 19.0 Å². The van der Waals surface area contributed by atoms with Crippen LogP contribution in [0.1, 0.15) is 11.5 Å². The Morgan fingerprint density at radius 1 is 1.26 bits per heavy atom. The first kappa shape index (κ1) is 19.1. The summed E-state index contributed by atoms with van der Waals surface area (Å²) in [5.74, 6) is 0.222. The van der Waals surface area contributed by atoms with E-state index in [1.807, 2.05) is 17.5 Å². The topological polar surface area (TPSA) is 105 Å². The number of carbonyl (C=O) groups excluding carboxylic acids is 1. The Morgan fingerprint density at radius 3 is 2.70 bits per heavy atom. The third-order valence-corrected chi connectivity index (χ3v) is 5.71. The molecule has 3 aromatic rings. The summed E-state index contributed by atoms with van der Waals surface area (Å²) in [6, 6.07) is 10.7. The van der Waals surface area contributed by atoms with Crippen LogP contribution in [0, 0.1) is 6.92 Å². The minimum atomic E-state index is -3.62. The van der Waals surface area contributed by atoms with Crippen LogP contribution in [0.3, 0.4) is 0 Å². The first-order valence-corrected chi connectivity index (χ1v) is 10.7. The maximum atomic E-state index is 12.3. The number of nitrogens with one attached hydrogen (secondary N) is 1. The van der Waals surface area contributed by atoms with Crippen molar-refractivity contribution in [3.63, 3.8) is 0 Å². The average Bonchev–Trinajstić information content (AvgIpc) is 3.29. The fourth-order valence-corrected chi connectivity index (χ4v) is 3.98. The molecule has 0 saturated heterocycles. The molecule has 8 nitrogen and oxygen atoms in total. The van der Waals surface area contributed by atoms with Gasteiger partial charge < -0.3 is 9.84 Å². The lowest BCUT2D eigenvalue weighted by Crippen LogP contribution is -2.40. The summed E-state index contributed by atoms with van der Waals surface area (Å²) in [6.45, 7) is 1.47. The highest BCUT2D eigenvalue weighted by Crippen LogP contribution is 2.22. The second kappa shape index (κ2) is 7.89. The maximum Gasteiger partial charge on any atom is 0.246 e. The number of benzene rings is 1. The zero-order valence-corrected chi connectivity index (χ0v) is 16.4. The van der Waals surface area contributed by atoms with E-state index in [1.54, 1.807) is 31.2 Å². The van der Waals surface area contributed by atoms with Crippen LogP contribution in [-0.4, -0.2) is 37.3 Å². The van der Waals surface area contributed by atoms with Crippen LogP contribution in [0.5, 0.6) is 0 Å². The molecule has 0 atom stereocenters. The summed E-state index contributed by atoms with van der Waals surface area (Å²) in [7, 11) is -3.62. The molecule has 3 rings (SSSR count). The van der Waals surface area contributed by atoms with Crippen LogP contribution in [-0.2, 0) is 21.4 Å². The summed E-state index contributed by atoms with van der Waals surface area (Å²) < 4.78 is 30.5. The van der Waals surface area contributed by atoms with Crippen LogP contribution in [0.4, 0.5) is 5.69 Å². The minimum Gasteiger partial charge on any atom is -0.345 e. The third-order valence-electron chi connectivity index (χ3n) is 3.72. The van der Waals surface area contributed by atoms with Crippen molar-refractivity contribution < 1.29 is 17.7 Å². The predicted molar refractivity (Wildman–Crippen MR) is 103 cm³/mol. The van der Waals surface area contributed by atoms with E-state index in [0.717, 1.165) is 21.0 Å². The molecule has 0 bridgehead atoms. The Hall–Kier alpha value is -2.72. The second-order valence-corrected chi connectivity index (χ2v) is 8.68. The summed E-state index contributed by atoms with van der Waals surface area (Å²) in [4.78, 5) is 17.4. The molecule has 0 aliphatic carbocycles. The standard InChI is InChI=1S/C17H18N4O4S2/c1-12-6-3-4-7-13(12)21(27(2,23)24)11-15(22)18-10-16-19-17(20-25-16)14-8-5-9-26-14/h3-9H,10-11H2,1-2H3,(H,18,22). The molecular weight excluding hydrogens is 388 g/mol. The first-order valence-electron chi connectivity index (χ1n) is 8.01. The minimum absolute atomic E-state index is 0.0165. The molecule has 0 saturated carbocycles. The number of nitrogens with zero attached hydrogens (tertiary/aromatic N) is 3. The molecule has 0 aliphatic heterocycles. The number of aryl methyl sites for hydroxylation is 1. The molecule has 0 unspecified atom stereocenters. The van der Waals surface area contributed by atoms with E-state index in [9.17, 15) is 13.2 Å². The number of aromatic nitrogens is 2. The van der Waals surface area contributed by atoms with E-state index in [2.05, 4.69) is 15.5 Å². The summed E-state index contributed by atoms with van der Waals surface area (Å²) in [6.07, 6.45) is 1.07. The molecule has 10 heteroatoms. The molecule has 2 aromatic heterocycles. The summed E-state index contributed by atoms with van der Waals surface area (Å²) >= 11 is 1.48. The van der Waals surface area contributed by atoms with Gasteiger partial charge in [0.05, 0.1) is 23.4 Å². The number of sulfonamides is 1. The van der Waals surface area contributed by atoms with E-state index < -0.39 is 15.9 Å². The molecule has 142 valence electrons. The normalized spacial score (nSPS) is 11.3. The van der Waals surface area contributed by atoms with Crippen molar-refractivity contribution in [1.82, 2.24) is 15.5 Å². The molecule has 0 radical (unpaired) electrons. The van der Waals surface area contributed by atoms with Gasteiger partial charge in [0.15, 0.2) is 0 Å². The molecule has 2 heterocycles. The molecule has 0 fully saturated rings. The van der Waals surface area contributed by atoms with Gasteiger partial charge in [-0.25, -0.2) is 8.42 Å². The van der Waals surface area contributed by atoms with Gasteiger partial charge in [0.2, 0.25) is 27.6 Å². The lowest BCUT2D eigenvalue weighted by atomic mass is 10.2. The predicted octanol–water partition coefficient (Wildman–Crippen LogP) is 2.19. The fourth-order valence-electron chi connectivity index (χ4n) is 2.42. The molecule has 1 amide bonds.